The molecule has 3 atom stereocenters. The number of benzene rings is 2. The molecule has 0 radical (unpaired) electrons. The quantitative estimate of drug-likeness (QED) is 0.266. The highest BCUT2D eigenvalue weighted by molar-refractivity contribution is 7.29. The van der Waals surface area contributed by atoms with Crippen LogP contribution in [0.15, 0.2) is 59.4 Å². The summed E-state index contributed by atoms with van der Waals surface area (Å²) in [5.74, 6) is -0.453. The molecular weight excluding hydrogens is 492 g/mol. The van der Waals surface area contributed by atoms with Crippen LogP contribution in [0.25, 0.3) is 5.69 Å². The lowest BCUT2D eigenvalue weighted by molar-refractivity contribution is -0.156. The maximum absolute atomic E-state index is 13.2. The van der Waals surface area contributed by atoms with Crippen molar-refractivity contribution >= 4 is 46.7 Å². The maximum Gasteiger partial charge on any atom is 0.323 e. The van der Waals surface area contributed by atoms with Gasteiger partial charge >= 0.3 is 5.97 Å². The number of hydrogen-bond donors (Lipinski definition) is 2. The Hall–Kier alpha value is -2.85. The van der Waals surface area contributed by atoms with Gasteiger partial charge < -0.3 is 15.8 Å². The third kappa shape index (κ3) is 6.88. The molecule has 0 aliphatic carbocycles. The SMILES string of the molecule is C[C@H](NCCc1ccc(-n2c(N)c(C(=O)c3ccc(P)cc3P)ccc2=O)cc1)C(=O)OC(C)(C)C. The molecule has 0 saturated carbocycles. The molecule has 1 heterocycles. The maximum atomic E-state index is 13.2. The number of nitrogen functional groups attached to an aromatic ring is 1. The van der Waals surface area contributed by atoms with Crippen molar-refractivity contribution in [1.29, 1.82) is 0 Å². The molecule has 7 nitrogen and oxygen atoms in total. The van der Waals surface area contributed by atoms with Gasteiger partial charge in [-0.25, -0.2) is 0 Å². The standard InChI is InChI=1S/C27H33N3O4P2/c1-16(26(33)34-27(2,3)4)29-14-13-17-5-7-18(8-6-17)30-23(31)12-11-21(25(30)28)24(32)20-10-9-19(35)15-22(20)36/h5-12,15-16,29H,13-14,28,35-36H2,1-4H3/t16-/m0/s1. The summed E-state index contributed by atoms with van der Waals surface area (Å²) in [5.41, 5.74) is 7.84. The number of rotatable bonds is 8. The summed E-state index contributed by atoms with van der Waals surface area (Å²) in [5, 5.41) is 4.89. The number of pyridine rings is 1. The zero-order valence-corrected chi connectivity index (χ0v) is 23.3. The second-order valence-corrected chi connectivity index (χ2v) is 10.9. The molecule has 0 spiro atoms. The van der Waals surface area contributed by atoms with Gasteiger partial charge in [-0.2, -0.15) is 0 Å². The number of anilines is 1. The molecule has 0 aliphatic rings. The molecule has 3 N–H and O–H groups in total. The zero-order valence-electron chi connectivity index (χ0n) is 21.0. The topological polar surface area (TPSA) is 103 Å². The number of carbonyl (C=O) groups is 2. The fourth-order valence-electron chi connectivity index (χ4n) is 3.66. The summed E-state index contributed by atoms with van der Waals surface area (Å²) in [6.45, 7) is 7.87. The predicted molar refractivity (Wildman–Crippen MR) is 152 cm³/mol. The minimum absolute atomic E-state index is 0.0902. The van der Waals surface area contributed by atoms with Gasteiger partial charge in [0.05, 0.1) is 11.3 Å². The third-order valence-corrected chi connectivity index (χ3v) is 6.35. The monoisotopic (exact) mass is 525 g/mol. The Bertz CT molecular complexity index is 1330. The van der Waals surface area contributed by atoms with Crippen LogP contribution in [0.1, 0.15) is 49.2 Å². The van der Waals surface area contributed by atoms with E-state index in [9.17, 15) is 14.4 Å². The van der Waals surface area contributed by atoms with Crippen LogP contribution in [0.2, 0.25) is 0 Å². The highest BCUT2D eigenvalue weighted by atomic mass is 31.0. The van der Waals surface area contributed by atoms with Gasteiger partial charge in [-0.15, -0.1) is 18.5 Å². The zero-order chi connectivity index (χ0) is 26.6. The average Bonchev–Trinajstić information content (AvgIpc) is 2.78. The largest absolute Gasteiger partial charge is 0.459 e. The van der Waals surface area contributed by atoms with Gasteiger partial charge in [-0.3, -0.25) is 19.0 Å². The number of nitrogens with two attached hydrogens (primary N) is 1. The number of nitrogens with zero attached hydrogens (tertiary/aromatic N) is 1. The van der Waals surface area contributed by atoms with E-state index in [2.05, 4.69) is 23.8 Å². The Morgan fingerprint density at radius 2 is 1.67 bits per heavy atom. The molecule has 190 valence electrons. The van der Waals surface area contributed by atoms with E-state index in [-0.39, 0.29) is 28.7 Å². The first-order chi connectivity index (χ1) is 16.9. The molecule has 0 fully saturated rings. The lowest BCUT2D eigenvalue weighted by atomic mass is 10.0. The van der Waals surface area contributed by atoms with E-state index in [1.54, 1.807) is 25.1 Å². The summed E-state index contributed by atoms with van der Waals surface area (Å²) < 4.78 is 6.72. The molecule has 0 saturated heterocycles. The van der Waals surface area contributed by atoms with Gasteiger partial charge in [0.1, 0.15) is 17.5 Å². The van der Waals surface area contributed by atoms with Gasteiger partial charge in [-0.05, 0) is 87.2 Å². The van der Waals surface area contributed by atoms with Gasteiger partial charge in [0.2, 0.25) is 0 Å². The van der Waals surface area contributed by atoms with E-state index < -0.39 is 11.6 Å². The van der Waals surface area contributed by atoms with Crippen molar-refractivity contribution in [3.8, 4) is 5.69 Å². The van der Waals surface area contributed by atoms with Crippen molar-refractivity contribution in [2.75, 3.05) is 12.3 Å². The lowest BCUT2D eigenvalue weighted by Crippen LogP contribution is -2.40. The molecular formula is C27H33N3O4P2. The highest BCUT2D eigenvalue weighted by Gasteiger charge is 2.21. The van der Waals surface area contributed by atoms with Crippen LogP contribution < -0.4 is 27.2 Å². The molecule has 9 heteroatoms. The second kappa shape index (κ2) is 11.5. The summed E-state index contributed by atoms with van der Waals surface area (Å²) in [4.78, 5) is 38.0. The Morgan fingerprint density at radius 3 is 2.28 bits per heavy atom. The molecule has 2 unspecified atom stereocenters. The molecule has 2 aromatic carbocycles. The lowest BCUT2D eigenvalue weighted by Gasteiger charge is -2.22. The molecule has 3 aromatic rings. The van der Waals surface area contributed by atoms with Gasteiger partial charge in [0, 0.05) is 11.6 Å². The van der Waals surface area contributed by atoms with Gasteiger partial charge in [-0.1, -0.05) is 18.2 Å². The Morgan fingerprint density at radius 1 is 1.03 bits per heavy atom. The Labute approximate surface area is 216 Å². The second-order valence-electron chi connectivity index (χ2n) is 9.61. The van der Waals surface area contributed by atoms with Crippen LogP contribution in [-0.2, 0) is 16.0 Å². The fourth-order valence-corrected chi connectivity index (χ4v) is 4.55. The van der Waals surface area contributed by atoms with E-state index in [4.69, 9.17) is 10.5 Å². The number of ether oxygens (including phenoxy) is 1. The number of esters is 1. The van der Waals surface area contributed by atoms with Gasteiger partial charge in [0.15, 0.2) is 5.78 Å². The van der Waals surface area contributed by atoms with Crippen LogP contribution in [-0.4, -0.2) is 34.5 Å². The van der Waals surface area contributed by atoms with Crippen molar-refractivity contribution < 1.29 is 14.3 Å². The van der Waals surface area contributed by atoms with Crippen molar-refractivity contribution in [1.82, 2.24) is 9.88 Å². The summed E-state index contributed by atoms with van der Waals surface area (Å²) >= 11 is 0. The van der Waals surface area contributed by atoms with Crippen LogP contribution in [0.5, 0.6) is 0 Å². The third-order valence-electron chi connectivity index (χ3n) is 5.51. The van der Waals surface area contributed by atoms with E-state index >= 15 is 0 Å². The Kier molecular flexibility index (Phi) is 8.84. The van der Waals surface area contributed by atoms with Crippen LogP contribution in [0, 0.1) is 0 Å². The molecule has 36 heavy (non-hydrogen) atoms. The molecule has 0 aliphatic heterocycles. The Balaban J connectivity index is 1.74. The first-order valence-electron chi connectivity index (χ1n) is 11.6. The molecule has 3 rings (SSSR count). The predicted octanol–water partition coefficient (Wildman–Crippen LogP) is 2.51. The molecule has 1 aromatic heterocycles. The molecule has 0 amide bonds. The number of nitrogens with one attached hydrogen (secondary N) is 1. The number of ketones is 1. The summed E-state index contributed by atoms with van der Waals surface area (Å²) in [6, 6.07) is 15.2. The van der Waals surface area contributed by atoms with Crippen molar-refractivity contribution in [2.24, 2.45) is 0 Å². The van der Waals surface area contributed by atoms with E-state index in [1.165, 1.54) is 16.7 Å². The normalized spacial score (nSPS) is 12.3. The minimum atomic E-state index is -0.526. The van der Waals surface area contributed by atoms with Crippen molar-refractivity contribution in [2.45, 2.75) is 45.8 Å². The van der Waals surface area contributed by atoms with Crippen molar-refractivity contribution in [3.63, 3.8) is 0 Å². The average molecular weight is 526 g/mol. The van der Waals surface area contributed by atoms with Crippen LogP contribution >= 0.6 is 18.5 Å². The molecule has 0 bridgehead atoms. The number of aromatic nitrogens is 1. The number of carbonyl (C=O) groups excluding carboxylic acids is 2. The van der Waals surface area contributed by atoms with Crippen LogP contribution in [0.4, 0.5) is 5.82 Å². The fraction of sp³-hybridized carbons (Fsp3) is 0.296. The summed E-state index contributed by atoms with van der Waals surface area (Å²) in [7, 11) is 5.16. The van der Waals surface area contributed by atoms with E-state index in [0.29, 0.717) is 24.2 Å². The van der Waals surface area contributed by atoms with Crippen molar-refractivity contribution in [3.05, 3.63) is 81.6 Å². The van der Waals surface area contributed by atoms with E-state index in [0.717, 1.165) is 16.2 Å². The van der Waals surface area contributed by atoms with Gasteiger partial charge in [0.25, 0.3) is 5.56 Å². The first-order valence-corrected chi connectivity index (χ1v) is 12.8. The first kappa shape index (κ1) is 27.7. The highest BCUT2D eigenvalue weighted by Crippen LogP contribution is 2.19. The minimum Gasteiger partial charge on any atom is -0.459 e. The van der Waals surface area contributed by atoms with E-state index in [1.807, 2.05) is 45.0 Å². The smallest absolute Gasteiger partial charge is 0.323 e. The number of hydrogen-bond acceptors (Lipinski definition) is 6. The summed E-state index contributed by atoms with van der Waals surface area (Å²) in [6.07, 6.45) is 0.680. The van der Waals surface area contributed by atoms with Crippen LogP contribution in [0.3, 0.4) is 0 Å².